The summed E-state index contributed by atoms with van der Waals surface area (Å²) in [7, 11) is 0. The number of benzene rings is 1. The zero-order valence-corrected chi connectivity index (χ0v) is 9.45. The van der Waals surface area contributed by atoms with Crippen molar-refractivity contribution in [1.82, 2.24) is 5.06 Å². The molecule has 1 heterocycles. The van der Waals surface area contributed by atoms with Crippen LogP contribution in [0.25, 0.3) is 5.57 Å². The van der Waals surface area contributed by atoms with Gasteiger partial charge in [0.2, 0.25) is 0 Å². The molecule has 1 atom stereocenters. The maximum Gasteiger partial charge on any atom is 0.492 e. The highest BCUT2D eigenvalue weighted by atomic mass is 19.4. The Bertz CT molecular complexity index is 439. The highest BCUT2D eigenvalue weighted by Crippen LogP contribution is 2.39. The van der Waals surface area contributed by atoms with Crippen LogP contribution in [0.15, 0.2) is 36.1 Å². The molecular weight excluding hydrogens is 231 g/mol. The summed E-state index contributed by atoms with van der Waals surface area (Å²) in [5.41, 5.74) is 1.33. The van der Waals surface area contributed by atoms with Gasteiger partial charge in [-0.25, -0.2) is 0 Å². The molecule has 0 N–H and O–H groups in total. The summed E-state index contributed by atoms with van der Waals surface area (Å²) < 4.78 is 37.9. The van der Waals surface area contributed by atoms with Crippen LogP contribution < -0.4 is 0 Å². The molecule has 1 aromatic rings. The van der Waals surface area contributed by atoms with Crippen LogP contribution in [-0.2, 0) is 4.84 Å². The van der Waals surface area contributed by atoms with Gasteiger partial charge in [-0.05, 0) is 24.5 Å². The van der Waals surface area contributed by atoms with Gasteiger partial charge in [-0.3, -0.25) is 0 Å². The third-order valence-corrected chi connectivity index (χ3v) is 2.72. The minimum absolute atomic E-state index is 0.0741. The number of hydrogen-bond donors (Lipinski definition) is 0. The summed E-state index contributed by atoms with van der Waals surface area (Å²) in [6.07, 6.45) is -4.49. The van der Waals surface area contributed by atoms with Crippen LogP contribution in [0.5, 0.6) is 0 Å². The van der Waals surface area contributed by atoms with E-state index in [1.54, 1.807) is 31.2 Å². The molecule has 2 nitrogen and oxygen atoms in total. The second kappa shape index (κ2) is 4.07. The van der Waals surface area contributed by atoms with Crippen molar-refractivity contribution in [1.29, 1.82) is 0 Å². The maximum absolute atomic E-state index is 12.6. The van der Waals surface area contributed by atoms with Crippen molar-refractivity contribution in [3.63, 3.8) is 0 Å². The fraction of sp³-hybridized carbons (Fsp3) is 0.333. The second-order valence-electron chi connectivity index (χ2n) is 3.90. The van der Waals surface area contributed by atoms with Gasteiger partial charge in [-0.1, -0.05) is 30.3 Å². The molecule has 0 aromatic heterocycles. The molecule has 1 aliphatic heterocycles. The van der Waals surface area contributed by atoms with E-state index in [2.05, 4.69) is 0 Å². The molecule has 17 heavy (non-hydrogen) atoms. The van der Waals surface area contributed by atoms with Crippen molar-refractivity contribution in [2.24, 2.45) is 0 Å². The van der Waals surface area contributed by atoms with E-state index in [0.29, 0.717) is 11.3 Å². The van der Waals surface area contributed by atoms with E-state index < -0.39 is 12.3 Å². The average molecular weight is 243 g/mol. The zero-order chi connectivity index (χ0) is 12.6. The van der Waals surface area contributed by atoms with Gasteiger partial charge >= 0.3 is 6.30 Å². The molecule has 92 valence electrons. The molecule has 2 rings (SSSR count). The Kier molecular flexibility index (Phi) is 2.87. The van der Waals surface area contributed by atoms with Crippen molar-refractivity contribution >= 4 is 5.57 Å². The first-order chi connectivity index (χ1) is 7.91. The summed E-state index contributed by atoms with van der Waals surface area (Å²) in [4.78, 5) is 4.79. The molecule has 1 unspecified atom stereocenters. The monoisotopic (exact) mass is 243 g/mol. The number of hydrogen-bond acceptors (Lipinski definition) is 2. The molecular formula is C12H12F3NO. The lowest BCUT2D eigenvalue weighted by molar-refractivity contribution is -0.357. The van der Waals surface area contributed by atoms with Gasteiger partial charge in [0.25, 0.3) is 0 Å². The average Bonchev–Trinajstić information content (AvgIpc) is 2.55. The first kappa shape index (κ1) is 12.0. The number of nitrogens with zero attached hydrogens (tertiary/aromatic N) is 1. The van der Waals surface area contributed by atoms with Crippen LogP contribution in [0, 0.1) is 0 Å². The quantitative estimate of drug-likeness (QED) is 0.699. The molecule has 1 aliphatic rings. The Hall–Kier alpha value is -1.49. The molecule has 0 amide bonds. The highest BCUT2D eigenvalue weighted by molar-refractivity contribution is 5.71. The van der Waals surface area contributed by atoms with Crippen LogP contribution >= 0.6 is 0 Å². The smallest absolute Gasteiger partial charge is 0.402 e. The number of allylic oxidation sites excluding steroid dienone is 1. The Balaban J connectivity index is 2.34. The van der Waals surface area contributed by atoms with Crippen LogP contribution in [0.3, 0.4) is 0 Å². The number of hydroxylamine groups is 2. The van der Waals surface area contributed by atoms with Gasteiger partial charge in [0.05, 0.1) is 6.04 Å². The third kappa shape index (κ3) is 2.15. The van der Waals surface area contributed by atoms with E-state index in [-0.39, 0.29) is 5.06 Å². The van der Waals surface area contributed by atoms with Crippen molar-refractivity contribution < 1.29 is 18.0 Å². The number of alkyl halides is 3. The molecule has 0 radical (unpaired) electrons. The van der Waals surface area contributed by atoms with Gasteiger partial charge in [-0.15, -0.1) is 0 Å². The Labute approximate surface area is 97.2 Å². The van der Waals surface area contributed by atoms with Crippen LogP contribution in [0.4, 0.5) is 13.2 Å². The second-order valence-corrected chi connectivity index (χ2v) is 3.90. The van der Waals surface area contributed by atoms with Crippen LogP contribution in [0.1, 0.15) is 19.4 Å². The first-order valence-corrected chi connectivity index (χ1v) is 5.21. The minimum atomic E-state index is -4.49. The Morgan fingerprint density at radius 1 is 1.18 bits per heavy atom. The molecule has 0 saturated heterocycles. The fourth-order valence-electron chi connectivity index (χ4n) is 2.02. The van der Waals surface area contributed by atoms with E-state index in [9.17, 15) is 13.2 Å². The summed E-state index contributed by atoms with van der Waals surface area (Å²) >= 11 is 0. The standard InChI is InChI=1S/C12H12F3NO/c1-8-11(10-6-4-3-5-7-10)9(2)17-16(8)12(13,14)15/h3-8H,1-2H3. The number of halogens is 3. The van der Waals surface area contributed by atoms with E-state index in [4.69, 9.17) is 4.84 Å². The van der Waals surface area contributed by atoms with E-state index in [0.717, 1.165) is 5.56 Å². The third-order valence-electron chi connectivity index (χ3n) is 2.72. The topological polar surface area (TPSA) is 12.5 Å². The lowest BCUT2D eigenvalue weighted by atomic mass is 9.99. The summed E-state index contributed by atoms with van der Waals surface area (Å²) in [5.74, 6) is 0.293. The van der Waals surface area contributed by atoms with Crippen molar-refractivity contribution in [2.75, 3.05) is 0 Å². The predicted octanol–water partition coefficient (Wildman–Crippen LogP) is 3.57. The zero-order valence-electron chi connectivity index (χ0n) is 9.45. The van der Waals surface area contributed by atoms with E-state index in [1.807, 2.05) is 6.07 Å². The van der Waals surface area contributed by atoms with E-state index in [1.165, 1.54) is 6.92 Å². The largest absolute Gasteiger partial charge is 0.492 e. The minimum Gasteiger partial charge on any atom is -0.402 e. The van der Waals surface area contributed by atoms with Gasteiger partial charge < -0.3 is 4.84 Å². The molecule has 0 fully saturated rings. The molecule has 1 aromatic carbocycles. The summed E-state index contributed by atoms with van der Waals surface area (Å²) in [6, 6.07) is 8.12. The van der Waals surface area contributed by atoms with Crippen molar-refractivity contribution in [2.45, 2.75) is 26.2 Å². The molecule has 0 spiro atoms. The summed E-state index contributed by atoms with van der Waals surface area (Å²) in [6.45, 7) is 3.02. The first-order valence-electron chi connectivity index (χ1n) is 5.21. The van der Waals surface area contributed by atoms with Gasteiger partial charge in [0.15, 0.2) is 0 Å². The van der Waals surface area contributed by atoms with Gasteiger partial charge in [0, 0.05) is 5.57 Å². The molecule has 5 heteroatoms. The van der Waals surface area contributed by atoms with Crippen molar-refractivity contribution in [3.8, 4) is 0 Å². The van der Waals surface area contributed by atoms with Crippen LogP contribution in [-0.4, -0.2) is 17.4 Å². The summed E-state index contributed by atoms with van der Waals surface area (Å²) in [5, 5.41) is 0.0741. The highest BCUT2D eigenvalue weighted by Gasteiger charge is 2.48. The predicted molar refractivity (Wildman–Crippen MR) is 57.5 cm³/mol. The molecule has 0 saturated carbocycles. The van der Waals surface area contributed by atoms with Crippen molar-refractivity contribution in [3.05, 3.63) is 41.7 Å². The Morgan fingerprint density at radius 2 is 1.76 bits per heavy atom. The van der Waals surface area contributed by atoms with E-state index >= 15 is 0 Å². The maximum atomic E-state index is 12.6. The normalized spacial score (nSPS) is 21.8. The SMILES string of the molecule is CC1=C(c2ccccc2)C(C)N(C(F)(F)F)O1. The fourth-order valence-corrected chi connectivity index (χ4v) is 2.02. The van der Waals surface area contributed by atoms with Gasteiger partial charge in [-0.2, -0.15) is 13.2 Å². The number of rotatable bonds is 1. The molecule has 0 aliphatic carbocycles. The molecule has 0 bridgehead atoms. The Morgan fingerprint density at radius 3 is 2.24 bits per heavy atom. The lowest BCUT2D eigenvalue weighted by Gasteiger charge is -2.23. The lowest BCUT2D eigenvalue weighted by Crippen LogP contribution is -2.40. The van der Waals surface area contributed by atoms with Gasteiger partial charge in [0.1, 0.15) is 5.76 Å². The van der Waals surface area contributed by atoms with Crippen LogP contribution in [0.2, 0.25) is 0 Å².